The van der Waals surface area contributed by atoms with Crippen LogP contribution in [0.5, 0.6) is 11.5 Å². The van der Waals surface area contributed by atoms with E-state index in [4.69, 9.17) is 4.74 Å². The molecule has 7 nitrogen and oxygen atoms in total. The van der Waals surface area contributed by atoms with Crippen molar-refractivity contribution in [2.24, 2.45) is 0 Å². The van der Waals surface area contributed by atoms with E-state index in [1.807, 2.05) is 18.2 Å². The number of benzene rings is 2. The molecule has 0 aliphatic carbocycles. The zero-order valence-electron chi connectivity index (χ0n) is 14.8. The van der Waals surface area contributed by atoms with Gasteiger partial charge in [0, 0.05) is 37.3 Å². The van der Waals surface area contributed by atoms with Crippen LogP contribution < -0.4 is 10.1 Å². The number of nitro groups is 1. The number of nitro benzene ring substituents is 1. The number of carbonyl (C=O) groups is 1. The molecule has 2 bridgehead atoms. The summed E-state index contributed by atoms with van der Waals surface area (Å²) < 4.78 is 5.86. The Morgan fingerprint density at radius 3 is 2.67 bits per heavy atom. The molecule has 1 amide bonds. The van der Waals surface area contributed by atoms with Gasteiger partial charge < -0.3 is 15.0 Å². The molecule has 4 rings (SSSR count). The number of fused-ring (bicyclic) bond motifs is 2. The first-order valence-corrected chi connectivity index (χ1v) is 9.17. The summed E-state index contributed by atoms with van der Waals surface area (Å²) in [7, 11) is 0. The predicted octanol–water partition coefficient (Wildman–Crippen LogP) is 3.35. The molecule has 2 aliphatic rings. The lowest BCUT2D eigenvalue weighted by molar-refractivity contribution is -0.384. The summed E-state index contributed by atoms with van der Waals surface area (Å²) in [5.41, 5.74) is 0.110. The Labute approximate surface area is 157 Å². The van der Waals surface area contributed by atoms with Gasteiger partial charge in [-0.05, 0) is 37.5 Å². The Balaban J connectivity index is 1.65. The van der Waals surface area contributed by atoms with Crippen molar-refractivity contribution in [3.8, 4) is 11.5 Å². The molecule has 0 saturated carbocycles. The number of non-ortho nitro benzene ring substituents is 1. The monoisotopic (exact) mass is 367 g/mol. The van der Waals surface area contributed by atoms with Crippen molar-refractivity contribution in [3.05, 3.63) is 64.2 Å². The largest absolute Gasteiger partial charge is 0.457 e. The van der Waals surface area contributed by atoms with Crippen molar-refractivity contribution in [2.45, 2.75) is 31.3 Å². The fourth-order valence-electron chi connectivity index (χ4n) is 3.80. The van der Waals surface area contributed by atoms with Gasteiger partial charge in [0.15, 0.2) is 0 Å². The number of nitrogens with one attached hydrogen (secondary N) is 1. The average molecular weight is 367 g/mol. The zero-order valence-corrected chi connectivity index (χ0v) is 14.8. The van der Waals surface area contributed by atoms with Crippen molar-refractivity contribution in [1.82, 2.24) is 10.2 Å². The molecule has 2 fully saturated rings. The zero-order chi connectivity index (χ0) is 18.8. The van der Waals surface area contributed by atoms with Crippen LogP contribution in [0.3, 0.4) is 0 Å². The third-order valence-electron chi connectivity index (χ3n) is 5.19. The summed E-state index contributed by atoms with van der Waals surface area (Å²) in [5.74, 6) is 0.690. The van der Waals surface area contributed by atoms with Crippen LogP contribution >= 0.6 is 0 Å². The predicted molar refractivity (Wildman–Crippen MR) is 100 cm³/mol. The smallest absolute Gasteiger partial charge is 0.270 e. The van der Waals surface area contributed by atoms with Gasteiger partial charge in [-0.3, -0.25) is 14.9 Å². The van der Waals surface area contributed by atoms with E-state index in [2.05, 4.69) is 5.32 Å². The van der Waals surface area contributed by atoms with Gasteiger partial charge in [-0.25, -0.2) is 0 Å². The third kappa shape index (κ3) is 3.78. The molecule has 2 unspecified atom stereocenters. The highest BCUT2D eigenvalue weighted by atomic mass is 16.6. The number of para-hydroxylation sites is 1. The highest BCUT2D eigenvalue weighted by Crippen LogP contribution is 2.31. The van der Waals surface area contributed by atoms with E-state index < -0.39 is 4.92 Å². The summed E-state index contributed by atoms with van der Waals surface area (Å²) in [5, 5.41) is 14.8. The molecule has 2 aliphatic heterocycles. The maximum Gasteiger partial charge on any atom is 0.270 e. The van der Waals surface area contributed by atoms with E-state index in [-0.39, 0.29) is 17.2 Å². The van der Waals surface area contributed by atoms with Crippen LogP contribution in [0, 0.1) is 10.1 Å². The van der Waals surface area contributed by atoms with Crippen LogP contribution in [-0.4, -0.2) is 40.9 Å². The molecule has 7 heteroatoms. The minimum atomic E-state index is -0.491. The van der Waals surface area contributed by atoms with Gasteiger partial charge in [0.05, 0.1) is 10.5 Å². The van der Waals surface area contributed by atoms with Gasteiger partial charge >= 0.3 is 0 Å². The topological polar surface area (TPSA) is 84.7 Å². The lowest BCUT2D eigenvalue weighted by Crippen LogP contribution is -2.39. The summed E-state index contributed by atoms with van der Waals surface area (Å²) in [6.45, 7) is 1.25. The van der Waals surface area contributed by atoms with Crippen molar-refractivity contribution < 1.29 is 14.5 Å². The highest BCUT2D eigenvalue weighted by Gasteiger charge is 2.32. The molecule has 2 aromatic carbocycles. The van der Waals surface area contributed by atoms with E-state index in [0.29, 0.717) is 36.7 Å². The maximum absolute atomic E-state index is 13.2. The quantitative estimate of drug-likeness (QED) is 0.662. The van der Waals surface area contributed by atoms with Crippen LogP contribution in [-0.2, 0) is 0 Å². The molecule has 27 heavy (non-hydrogen) atoms. The highest BCUT2D eigenvalue weighted by molar-refractivity contribution is 5.97. The second-order valence-corrected chi connectivity index (χ2v) is 7.03. The van der Waals surface area contributed by atoms with E-state index in [1.54, 1.807) is 17.0 Å². The molecule has 2 saturated heterocycles. The Kier molecular flexibility index (Phi) is 4.77. The first-order valence-electron chi connectivity index (χ1n) is 9.17. The number of carbonyl (C=O) groups excluding carboxylic acids is 1. The number of hydrogen-bond donors (Lipinski definition) is 1. The number of ether oxygens (including phenoxy) is 1. The molecule has 2 atom stereocenters. The fraction of sp³-hybridized carbons (Fsp3) is 0.350. The van der Waals surface area contributed by atoms with Gasteiger partial charge in [-0.1, -0.05) is 18.2 Å². The average Bonchev–Trinajstić information content (AvgIpc) is 3.01. The van der Waals surface area contributed by atoms with Gasteiger partial charge in [-0.2, -0.15) is 0 Å². The molecule has 0 spiro atoms. The van der Waals surface area contributed by atoms with Gasteiger partial charge in [0.2, 0.25) is 0 Å². The van der Waals surface area contributed by atoms with Gasteiger partial charge in [-0.15, -0.1) is 0 Å². The minimum Gasteiger partial charge on any atom is -0.457 e. The first-order chi connectivity index (χ1) is 13.1. The van der Waals surface area contributed by atoms with Crippen molar-refractivity contribution in [2.75, 3.05) is 13.1 Å². The summed E-state index contributed by atoms with van der Waals surface area (Å²) in [6.07, 6.45) is 3.09. The Morgan fingerprint density at radius 2 is 1.89 bits per heavy atom. The van der Waals surface area contributed by atoms with Gasteiger partial charge in [0.1, 0.15) is 11.5 Å². The number of rotatable bonds is 4. The second-order valence-electron chi connectivity index (χ2n) is 7.03. The number of nitrogens with zero attached hydrogens (tertiary/aromatic N) is 2. The molecular formula is C20H21N3O4. The number of amides is 1. The molecule has 0 aromatic heterocycles. The fourth-order valence-corrected chi connectivity index (χ4v) is 3.80. The molecule has 0 radical (unpaired) electrons. The molecule has 2 aromatic rings. The Morgan fingerprint density at radius 1 is 1.11 bits per heavy atom. The first kappa shape index (κ1) is 17.5. The van der Waals surface area contributed by atoms with Crippen LogP contribution in [0.25, 0.3) is 0 Å². The van der Waals surface area contributed by atoms with Crippen LogP contribution in [0.2, 0.25) is 0 Å². The summed E-state index contributed by atoms with van der Waals surface area (Å²) >= 11 is 0. The Hall–Kier alpha value is -2.93. The van der Waals surface area contributed by atoms with Crippen LogP contribution in [0.4, 0.5) is 5.69 Å². The van der Waals surface area contributed by atoms with E-state index in [0.717, 1.165) is 19.3 Å². The standard InChI is InChI=1S/C20H21N3O4/c24-20(22-11-10-14-6-7-15(13-22)21-14)18-12-16(23(25)26)8-9-19(18)27-17-4-2-1-3-5-17/h1-5,8-9,12,14-15,21H,6-7,10-11,13H2. The number of hydrogen-bond acceptors (Lipinski definition) is 5. The minimum absolute atomic E-state index is 0.117. The summed E-state index contributed by atoms with van der Waals surface area (Å²) in [4.78, 5) is 25.7. The molecule has 2 heterocycles. The molecule has 1 N–H and O–H groups in total. The summed E-state index contributed by atoms with van der Waals surface area (Å²) in [6, 6.07) is 14.0. The van der Waals surface area contributed by atoms with Crippen molar-refractivity contribution in [3.63, 3.8) is 0 Å². The third-order valence-corrected chi connectivity index (χ3v) is 5.19. The van der Waals surface area contributed by atoms with Crippen LogP contribution in [0.1, 0.15) is 29.6 Å². The molecule has 140 valence electrons. The normalized spacial score (nSPS) is 21.6. The number of likely N-dealkylation sites (tertiary alicyclic amines) is 1. The lowest BCUT2D eigenvalue weighted by atomic mass is 10.1. The lowest BCUT2D eigenvalue weighted by Gasteiger charge is -2.25. The van der Waals surface area contributed by atoms with E-state index in [1.165, 1.54) is 18.2 Å². The Bertz CT molecular complexity index is 856. The van der Waals surface area contributed by atoms with Crippen LogP contribution in [0.15, 0.2) is 48.5 Å². The molecular weight excluding hydrogens is 346 g/mol. The maximum atomic E-state index is 13.2. The SMILES string of the molecule is O=C(c1cc([N+](=O)[O-])ccc1Oc1ccccc1)N1CCC2CCC(C1)N2. The van der Waals surface area contributed by atoms with Crippen molar-refractivity contribution in [1.29, 1.82) is 0 Å². The van der Waals surface area contributed by atoms with E-state index >= 15 is 0 Å². The van der Waals surface area contributed by atoms with E-state index in [9.17, 15) is 14.9 Å². The van der Waals surface area contributed by atoms with Crippen molar-refractivity contribution >= 4 is 11.6 Å². The van der Waals surface area contributed by atoms with Gasteiger partial charge in [0.25, 0.3) is 11.6 Å². The second kappa shape index (κ2) is 7.36.